The number of methoxy groups -OCH3 is 1. The minimum absolute atomic E-state index is 0.0160. The summed E-state index contributed by atoms with van der Waals surface area (Å²) < 4.78 is 11.1. The summed E-state index contributed by atoms with van der Waals surface area (Å²) in [5, 5.41) is 0. The molecule has 0 spiro atoms. The zero-order chi connectivity index (χ0) is 18.1. The maximum atomic E-state index is 12.4. The summed E-state index contributed by atoms with van der Waals surface area (Å²) in [6.07, 6.45) is 5.54. The van der Waals surface area contributed by atoms with Crippen molar-refractivity contribution in [2.45, 2.75) is 59.5 Å². The molecule has 0 heterocycles. The van der Waals surface area contributed by atoms with E-state index in [4.69, 9.17) is 9.47 Å². The van der Waals surface area contributed by atoms with Gasteiger partial charge in [0.1, 0.15) is 0 Å². The van der Waals surface area contributed by atoms with Crippen molar-refractivity contribution in [1.82, 2.24) is 4.90 Å². The fraction of sp³-hybridized carbons (Fsp3) is 0.550. The van der Waals surface area contributed by atoms with E-state index in [0.29, 0.717) is 12.4 Å². The third kappa shape index (κ3) is 5.91. The molecule has 4 nitrogen and oxygen atoms in total. The Kier molecular flexibility index (Phi) is 8.37. The van der Waals surface area contributed by atoms with E-state index in [1.54, 1.807) is 13.2 Å². The van der Waals surface area contributed by atoms with Crippen LogP contribution in [-0.2, 0) is 4.79 Å². The molecule has 0 unspecified atom stereocenters. The van der Waals surface area contributed by atoms with Crippen LogP contribution in [0.1, 0.15) is 53.0 Å². The second kappa shape index (κ2) is 10.0. The molecule has 24 heavy (non-hydrogen) atoms. The van der Waals surface area contributed by atoms with Gasteiger partial charge in [0.2, 0.25) is 5.91 Å². The van der Waals surface area contributed by atoms with Crippen molar-refractivity contribution in [2.75, 3.05) is 13.7 Å². The molecule has 134 valence electrons. The Balaban J connectivity index is 2.85. The van der Waals surface area contributed by atoms with Gasteiger partial charge in [-0.2, -0.15) is 0 Å². The maximum Gasteiger partial charge on any atom is 0.247 e. The van der Waals surface area contributed by atoms with Gasteiger partial charge in [0, 0.05) is 18.2 Å². The van der Waals surface area contributed by atoms with E-state index in [1.165, 1.54) is 0 Å². The Morgan fingerprint density at radius 3 is 2.38 bits per heavy atom. The number of carbonyl (C=O) groups is 1. The van der Waals surface area contributed by atoms with Crippen molar-refractivity contribution < 1.29 is 14.3 Å². The quantitative estimate of drug-likeness (QED) is 0.492. The van der Waals surface area contributed by atoms with E-state index < -0.39 is 0 Å². The van der Waals surface area contributed by atoms with Crippen LogP contribution in [0, 0.1) is 0 Å². The van der Waals surface area contributed by atoms with Gasteiger partial charge in [-0.05, 0) is 57.9 Å². The van der Waals surface area contributed by atoms with Crippen LogP contribution in [0.5, 0.6) is 11.5 Å². The Morgan fingerprint density at radius 1 is 1.17 bits per heavy atom. The number of hydrogen-bond donors (Lipinski definition) is 0. The number of benzene rings is 1. The van der Waals surface area contributed by atoms with Gasteiger partial charge in [0.15, 0.2) is 11.5 Å². The number of unbranched alkanes of at least 4 members (excludes halogenated alkanes) is 1. The molecule has 1 aromatic carbocycles. The van der Waals surface area contributed by atoms with Crippen molar-refractivity contribution in [3.8, 4) is 11.5 Å². The Bertz CT molecular complexity index is 542. The van der Waals surface area contributed by atoms with Crippen LogP contribution in [0.4, 0.5) is 0 Å². The molecule has 0 aliphatic heterocycles. The monoisotopic (exact) mass is 333 g/mol. The van der Waals surface area contributed by atoms with Crippen LogP contribution < -0.4 is 9.47 Å². The number of ether oxygens (including phenoxy) is 2. The lowest BCUT2D eigenvalue weighted by Gasteiger charge is -2.29. The van der Waals surface area contributed by atoms with Gasteiger partial charge < -0.3 is 14.4 Å². The molecule has 1 rings (SSSR count). The van der Waals surface area contributed by atoms with Crippen molar-refractivity contribution in [3.63, 3.8) is 0 Å². The summed E-state index contributed by atoms with van der Waals surface area (Å²) in [4.78, 5) is 14.2. The first-order valence-corrected chi connectivity index (χ1v) is 8.71. The molecule has 0 N–H and O–H groups in total. The van der Waals surface area contributed by atoms with E-state index in [1.807, 2.05) is 56.9 Å². The van der Waals surface area contributed by atoms with Crippen molar-refractivity contribution >= 4 is 12.0 Å². The smallest absolute Gasteiger partial charge is 0.247 e. The third-order valence-corrected chi connectivity index (χ3v) is 3.73. The number of hydrogen-bond acceptors (Lipinski definition) is 3. The zero-order valence-corrected chi connectivity index (χ0v) is 15.8. The average molecular weight is 333 g/mol. The number of nitrogens with zero attached hydrogens (tertiary/aromatic N) is 1. The summed E-state index contributed by atoms with van der Waals surface area (Å²) in [7, 11) is 1.62. The summed E-state index contributed by atoms with van der Waals surface area (Å²) in [6, 6.07) is 6.06. The molecule has 4 heteroatoms. The fourth-order valence-corrected chi connectivity index (χ4v) is 2.59. The van der Waals surface area contributed by atoms with Gasteiger partial charge in [0.25, 0.3) is 0 Å². The highest BCUT2D eigenvalue weighted by molar-refractivity contribution is 5.92. The molecular weight excluding hydrogens is 302 g/mol. The molecule has 0 aliphatic rings. The van der Waals surface area contributed by atoms with Crippen LogP contribution in [0.25, 0.3) is 6.08 Å². The normalized spacial score (nSPS) is 11.3. The first kappa shape index (κ1) is 20.1. The molecule has 0 aliphatic carbocycles. The highest BCUT2D eigenvalue weighted by Crippen LogP contribution is 2.28. The Hall–Kier alpha value is -1.97. The lowest BCUT2D eigenvalue weighted by atomic mass is 10.1. The fourth-order valence-electron chi connectivity index (χ4n) is 2.59. The summed E-state index contributed by atoms with van der Waals surface area (Å²) in [5.41, 5.74) is 0.913. The Labute approximate surface area is 146 Å². The highest BCUT2D eigenvalue weighted by Gasteiger charge is 2.17. The van der Waals surface area contributed by atoms with Gasteiger partial charge in [0.05, 0.1) is 13.7 Å². The van der Waals surface area contributed by atoms with E-state index in [9.17, 15) is 4.79 Å². The molecular formula is C20H31NO3. The predicted molar refractivity (Wildman–Crippen MR) is 99.5 cm³/mol. The van der Waals surface area contributed by atoms with Gasteiger partial charge in [-0.25, -0.2) is 0 Å². The van der Waals surface area contributed by atoms with E-state index in [2.05, 4.69) is 6.92 Å². The third-order valence-electron chi connectivity index (χ3n) is 3.73. The van der Waals surface area contributed by atoms with Gasteiger partial charge in [-0.15, -0.1) is 0 Å². The number of carbonyl (C=O) groups excluding carboxylic acids is 1. The lowest BCUT2D eigenvalue weighted by Crippen LogP contribution is -2.41. The maximum absolute atomic E-state index is 12.4. The molecule has 0 atom stereocenters. The number of rotatable bonds is 9. The van der Waals surface area contributed by atoms with Crippen molar-refractivity contribution in [2.24, 2.45) is 0 Å². The largest absolute Gasteiger partial charge is 0.493 e. The molecule has 0 aromatic heterocycles. The van der Waals surface area contributed by atoms with Crippen molar-refractivity contribution in [3.05, 3.63) is 29.8 Å². The van der Waals surface area contributed by atoms with Gasteiger partial charge in [-0.3, -0.25) is 4.79 Å². The molecule has 0 saturated heterocycles. The second-order valence-electron chi connectivity index (χ2n) is 6.38. The first-order chi connectivity index (χ1) is 11.4. The second-order valence-corrected chi connectivity index (χ2v) is 6.38. The molecule has 0 saturated carbocycles. The van der Waals surface area contributed by atoms with Crippen LogP contribution in [0.15, 0.2) is 24.3 Å². The predicted octanol–water partition coefficient (Wildman–Crippen LogP) is 4.53. The zero-order valence-electron chi connectivity index (χ0n) is 15.8. The average Bonchev–Trinajstić information content (AvgIpc) is 2.53. The highest BCUT2D eigenvalue weighted by atomic mass is 16.5. The molecule has 0 fully saturated rings. The standard InChI is InChI=1S/C20H31NO3/c1-7-8-13-24-18-11-9-17(14-19(18)23-6)10-12-20(22)21(15(2)3)16(4)5/h9-12,14-16H,7-8,13H2,1-6H3. The van der Waals surface area contributed by atoms with Crippen LogP contribution in [0.3, 0.4) is 0 Å². The lowest BCUT2D eigenvalue weighted by molar-refractivity contribution is -0.129. The summed E-state index contributed by atoms with van der Waals surface area (Å²) in [6.45, 7) is 10.9. The summed E-state index contributed by atoms with van der Waals surface area (Å²) >= 11 is 0. The minimum atomic E-state index is 0.0160. The molecule has 0 bridgehead atoms. The molecule has 1 amide bonds. The molecule has 1 aromatic rings. The van der Waals surface area contributed by atoms with E-state index in [-0.39, 0.29) is 18.0 Å². The van der Waals surface area contributed by atoms with Gasteiger partial charge >= 0.3 is 0 Å². The minimum Gasteiger partial charge on any atom is -0.493 e. The van der Waals surface area contributed by atoms with E-state index >= 15 is 0 Å². The summed E-state index contributed by atoms with van der Waals surface area (Å²) in [5.74, 6) is 1.44. The van der Waals surface area contributed by atoms with Crippen LogP contribution >= 0.6 is 0 Å². The van der Waals surface area contributed by atoms with E-state index in [0.717, 1.165) is 24.2 Å². The number of amides is 1. The topological polar surface area (TPSA) is 38.8 Å². The Morgan fingerprint density at radius 2 is 1.83 bits per heavy atom. The van der Waals surface area contributed by atoms with Crippen molar-refractivity contribution in [1.29, 1.82) is 0 Å². The van der Waals surface area contributed by atoms with Gasteiger partial charge in [-0.1, -0.05) is 19.4 Å². The van der Waals surface area contributed by atoms with Crippen LogP contribution in [-0.4, -0.2) is 36.6 Å². The molecule has 0 radical (unpaired) electrons. The van der Waals surface area contributed by atoms with Crippen LogP contribution in [0.2, 0.25) is 0 Å². The SMILES string of the molecule is CCCCOc1ccc(C=CC(=O)N(C(C)C)C(C)C)cc1OC. The first-order valence-electron chi connectivity index (χ1n) is 8.71.